The van der Waals surface area contributed by atoms with Crippen molar-refractivity contribution in [2.24, 2.45) is 0 Å². The summed E-state index contributed by atoms with van der Waals surface area (Å²) >= 11 is 0. The zero-order valence-electron chi connectivity index (χ0n) is 68.0. The molecule has 0 aliphatic heterocycles. The number of ether oxygens (including phenoxy) is 4. The Balaban J connectivity index is 5.22. The lowest BCUT2D eigenvalue weighted by Gasteiger charge is -2.21. The fourth-order valence-electron chi connectivity index (χ4n) is 13.3. The van der Waals surface area contributed by atoms with Gasteiger partial charge in [0.15, 0.2) is 12.2 Å². The van der Waals surface area contributed by atoms with Crippen molar-refractivity contribution in [3.63, 3.8) is 0 Å². The van der Waals surface area contributed by atoms with Gasteiger partial charge in [0, 0.05) is 25.7 Å². The van der Waals surface area contributed by atoms with Crippen LogP contribution < -0.4 is 0 Å². The van der Waals surface area contributed by atoms with Crippen LogP contribution in [-0.2, 0) is 65.4 Å². The lowest BCUT2D eigenvalue weighted by Crippen LogP contribution is -2.30. The van der Waals surface area contributed by atoms with Crippen molar-refractivity contribution >= 4 is 39.5 Å². The highest BCUT2D eigenvalue weighted by Gasteiger charge is 2.30. The van der Waals surface area contributed by atoms with Crippen LogP contribution in [0.1, 0.15) is 464 Å². The van der Waals surface area contributed by atoms with Crippen LogP contribution in [0.2, 0.25) is 0 Å². The predicted molar refractivity (Wildman–Crippen MR) is 428 cm³/mol. The largest absolute Gasteiger partial charge is 0.472 e. The van der Waals surface area contributed by atoms with Gasteiger partial charge in [0.2, 0.25) is 0 Å². The topological polar surface area (TPSA) is 237 Å². The minimum absolute atomic E-state index is 0.109. The molecule has 17 nitrogen and oxygen atoms in total. The van der Waals surface area contributed by atoms with Gasteiger partial charge in [0.1, 0.15) is 19.3 Å². The molecule has 0 aromatic carbocycles. The Morgan fingerprint density at radius 1 is 0.231 bits per heavy atom. The first-order valence-corrected chi connectivity index (χ1v) is 47.3. The van der Waals surface area contributed by atoms with Gasteiger partial charge in [-0.3, -0.25) is 37.3 Å². The van der Waals surface area contributed by atoms with E-state index in [-0.39, 0.29) is 25.7 Å². The Hall–Kier alpha value is -1.94. The second kappa shape index (κ2) is 79.2. The number of carbonyl (C=O) groups is 4. The molecule has 0 aromatic rings. The predicted octanol–water partition coefficient (Wildman–Crippen LogP) is 26.1. The van der Waals surface area contributed by atoms with Crippen molar-refractivity contribution in [1.29, 1.82) is 0 Å². The summed E-state index contributed by atoms with van der Waals surface area (Å²) in [6.45, 7) is 5.05. The SMILES string of the molecule is CCCCCCCCCCCCCCCCCCCCCC(=O)O[C@H](COC(=O)CCCCCCCCCCCCCCCCCCCC)COP(=O)(O)OC[C@@H](O)COP(=O)(O)OC[C@@H](COC(=O)CCCCCCCCCCCC)OC(=O)CCCCCCCCCCCCCCCCCCC. The van der Waals surface area contributed by atoms with Crippen LogP contribution in [0, 0.1) is 0 Å². The number of hydrogen-bond acceptors (Lipinski definition) is 15. The van der Waals surface area contributed by atoms with Crippen LogP contribution in [0.25, 0.3) is 0 Å². The zero-order chi connectivity index (χ0) is 76.0. The normalized spacial score (nSPS) is 13.7. The molecule has 104 heavy (non-hydrogen) atoms. The number of rotatable bonds is 86. The molecule has 0 radical (unpaired) electrons. The molecule has 0 aliphatic carbocycles. The van der Waals surface area contributed by atoms with E-state index in [9.17, 15) is 43.2 Å². The van der Waals surface area contributed by atoms with E-state index in [4.69, 9.17) is 37.0 Å². The molecule has 0 saturated heterocycles. The molecule has 19 heteroatoms. The Bertz CT molecular complexity index is 1960. The van der Waals surface area contributed by atoms with Crippen LogP contribution in [0.3, 0.4) is 0 Å². The number of unbranched alkanes of at least 4 members (excludes halogenated alkanes) is 60. The Labute approximate surface area is 638 Å². The number of phosphoric acid groups is 2. The van der Waals surface area contributed by atoms with E-state index in [1.54, 1.807) is 0 Å². The van der Waals surface area contributed by atoms with Gasteiger partial charge in [-0.1, -0.05) is 413 Å². The average Bonchev–Trinajstić information content (AvgIpc) is 1.58. The molecular formula is C85H166O17P2. The fraction of sp³-hybridized carbons (Fsp3) is 0.953. The Morgan fingerprint density at radius 2 is 0.385 bits per heavy atom. The summed E-state index contributed by atoms with van der Waals surface area (Å²) in [5.74, 6) is -2.10. The molecule has 3 N–H and O–H groups in total. The van der Waals surface area contributed by atoms with Gasteiger partial charge in [-0.15, -0.1) is 0 Å². The summed E-state index contributed by atoms with van der Waals surface area (Å²) in [4.78, 5) is 73.2. The van der Waals surface area contributed by atoms with Gasteiger partial charge in [0.05, 0.1) is 26.4 Å². The second-order valence-corrected chi connectivity index (χ2v) is 33.5. The van der Waals surface area contributed by atoms with Gasteiger partial charge in [0.25, 0.3) is 0 Å². The molecule has 0 spiro atoms. The van der Waals surface area contributed by atoms with Crippen molar-refractivity contribution in [1.82, 2.24) is 0 Å². The van der Waals surface area contributed by atoms with E-state index >= 15 is 0 Å². The summed E-state index contributed by atoms with van der Waals surface area (Å²) in [6.07, 6.45) is 73.5. The fourth-order valence-corrected chi connectivity index (χ4v) is 14.9. The van der Waals surface area contributed by atoms with Crippen molar-refractivity contribution in [2.75, 3.05) is 39.6 Å². The first-order chi connectivity index (χ1) is 50.7. The molecule has 0 amide bonds. The van der Waals surface area contributed by atoms with E-state index in [1.807, 2.05) is 0 Å². The van der Waals surface area contributed by atoms with E-state index < -0.39 is 97.5 Å². The molecule has 618 valence electrons. The van der Waals surface area contributed by atoms with Gasteiger partial charge < -0.3 is 33.8 Å². The Kier molecular flexibility index (Phi) is 77.7. The second-order valence-electron chi connectivity index (χ2n) is 30.6. The maximum absolute atomic E-state index is 13.1. The van der Waals surface area contributed by atoms with E-state index in [0.29, 0.717) is 25.7 Å². The maximum atomic E-state index is 13.1. The quantitative estimate of drug-likeness (QED) is 0.0222. The molecule has 0 fully saturated rings. The van der Waals surface area contributed by atoms with Crippen LogP contribution in [0.15, 0.2) is 0 Å². The van der Waals surface area contributed by atoms with Gasteiger partial charge in [-0.2, -0.15) is 0 Å². The standard InChI is InChI=1S/C85H166O17P2/c1-5-9-13-17-21-25-29-32-35-38-40-43-46-49-52-56-60-64-68-72-85(90)102-81(76-96-83(88)70-66-62-58-54-50-47-44-42-39-36-33-30-26-22-18-14-10-6-2)78-100-104(93,94)98-74-79(86)73-97-103(91,92)99-77-80(75-95-82(87)69-65-61-57-53-28-24-20-16-12-8-4)101-84(89)71-67-63-59-55-51-48-45-41-37-34-31-27-23-19-15-11-7-3/h79-81,86H,5-78H2,1-4H3,(H,91,92)(H,93,94)/t79-,80+,81+/m0/s1. The molecule has 0 bridgehead atoms. The molecule has 0 aromatic heterocycles. The number of aliphatic hydroxyl groups excluding tert-OH is 1. The molecule has 5 atom stereocenters. The first-order valence-electron chi connectivity index (χ1n) is 44.3. The minimum Gasteiger partial charge on any atom is -0.462 e. The lowest BCUT2D eigenvalue weighted by atomic mass is 10.0. The van der Waals surface area contributed by atoms with Crippen molar-refractivity contribution in [2.45, 2.75) is 483 Å². The third-order valence-corrected chi connectivity index (χ3v) is 22.0. The molecular weight excluding hydrogens is 1350 g/mol. The van der Waals surface area contributed by atoms with Crippen LogP contribution in [0.5, 0.6) is 0 Å². The summed E-state index contributed by atoms with van der Waals surface area (Å²) in [5, 5.41) is 10.7. The third-order valence-electron chi connectivity index (χ3n) is 20.1. The van der Waals surface area contributed by atoms with E-state index in [1.165, 1.54) is 295 Å². The van der Waals surface area contributed by atoms with Crippen molar-refractivity contribution < 1.29 is 80.2 Å². The van der Waals surface area contributed by atoms with Crippen LogP contribution in [0.4, 0.5) is 0 Å². The van der Waals surface area contributed by atoms with Gasteiger partial charge in [-0.25, -0.2) is 9.13 Å². The van der Waals surface area contributed by atoms with Crippen molar-refractivity contribution in [3.05, 3.63) is 0 Å². The summed E-state index contributed by atoms with van der Waals surface area (Å²) in [5.41, 5.74) is 0. The smallest absolute Gasteiger partial charge is 0.462 e. The monoisotopic (exact) mass is 1520 g/mol. The summed E-state index contributed by atoms with van der Waals surface area (Å²) in [6, 6.07) is 0. The molecule has 0 saturated carbocycles. The van der Waals surface area contributed by atoms with Crippen LogP contribution >= 0.6 is 15.6 Å². The number of phosphoric ester groups is 2. The zero-order valence-corrected chi connectivity index (χ0v) is 69.8. The summed E-state index contributed by atoms with van der Waals surface area (Å²) < 4.78 is 68.9. The highest BCUT2D eigenvalue weighted by Crippen LogP contribution is 2.45. The number of esters is 4. The molecule has 2 unspecified atom stereocenters. The number of aliphatic hydroxyl groups is 1. The Morgan fingerprint density at radius 3 is 0.567 bits per heavy atom. The minimum atomic E-state index is -4.96. The summed E-state index contributed by atoms with van der Waals surface area (Å²) in [7, 11) is -9.92. The highest BCUT2D eigenvalue weighted by molar-refractivity contribution is 7.47. The average molecular weight is 1520 g/mol. The van der Waals surface area contributed by atoms with Gasteiger partial charge in [-0.05, 0) is 25.7 Å². The maximum Gasteiger partial charge on any atom is 0.472 e. The number of hydrogen-bond donors (Lipinski definition) is 3. The van der Waals surface area contributed by atoms with E-state index in [0.717, 1.165) is 89.9 Å². The molecule has 0 aliphatic rings. The van der Waals surface area contributed by atoms with Gasteiger partial charge >= 0.3 is 39.5 Å². The molecule has 0 heterocycles. The number of carbonyl (C=O) groups excluding carboxylic acids is 4. The first kappa shape index (κ1) is 102. The van der Waals surface area contributed by atoms with E-state index in [2.05, 4.69) is 27.7 Å². The highest BCUT2D eigenvalue weighted by atomic mass is 31.2. The third kappa shape index (κ3) is 78.2. The van der Waals surface area contributed by atoms with Crippen LogP contribution in [-0.4, -0.2) is 96.7 Å². The molecule has 0 rings (SSSR count). The lowest BCUT2D eigenvalue weighted by molar-refractivity contribution is -0.161. The van der Waals surface area contributed by atoms with Crippen molar-refractivity contribution in [3.8, 4) is 0 Å².